The summed E-state index contributed by atoms with van der Waals surface area (Å²) in [6, 6.07) is 0. The number of nitrogens with zero attached hydrogens (tertiary/aromatic N) is 3. The number of piperidine rings is 1. The van der Waals surface area contributed by atoms with E-state index in [1.54, 1.807) is 0 Å². The number of thiazole rings is 1. The fourth-order valence-electron chi connectivity index (χ4n) is 3.21. The molecule has 3 heterocycles. The monoisotopic (exact) mass is 308 g/mol. The second kappa shape index (κ2) is 6.22. The highest BCUT2D eigenvalue weighted by atomic mass is 32.1. The maximum atomic E-state index is 12.6. The van der Waals surface area contributed by atoms with E-state index in [2.05, 4.69) is 16.8 Å². The van der Waals surface area contributed by atoms with Gasteiger partial charge in [-0.1, -0.05) is 24.7 Å². The number of amides is 1. The highest BCUT2D eigenvalue weighted by Gasteiger charge is 2.27. The fraction of sp³-hybridized carbons (Fsp3) is 0.733. The van der Waals surface area contributed by atoms with Crippen molar-refractivity contribution in [3.63, 3.8) is 0 Å². The Kier molecular flexibility index (Phi) is 4.33. The summed E-state index contributed by atoms with van der Waals surface area (Å²) in [4.78, 5) is 21.9. The van der Waals surface area contributed by atoms with Crippen molar-refractivity contribution in [2.45, 2.75) is 39.0 Å². The quantitative estimate of drug-likeness (QED) is 0.932. The molecule has 6 heteroatoms. The summed E-state index contributed by atoms with van der Waals surface area (Å²) in [5, 5.41) is 0.914. The Hall–Kier alpha value is -1.30. The van der Waals surface area contributed by atoms with Crippen LogP contribution in [-0.2, 0) is 0 Å². The van der Waals surface area contributed by atoms with Crippen LogP contribution in [0.3, 0.4) is 0 Å². The second-order valence-corrected chi connectivity index (χ2v) is 7.03. The third-order valence-electron chi connectivity index (χ3n) is 4.69. The lowest BCUT2D eigenvalue weighted by atomic mass is 9.94. The minimum absolute atomic E-state index is 0.0741. The van der Waals surface area contributed by atoms with Crippen LogP contribution in [0.25, 0.3) is 0 Å². The summed E-state index contributed by atoms with van der Waals surface area (Å²) in [6.07, 6.45) is 5.84. The molecule has 2 fully saturated rings. The number of rotatable bonds is 3. The second-order valence-electron chi connectivity index (χ2n) is 6.05. The van der Waals surface area contributed by atoms with E-state index in [1.165, 1.54) is 30.6 Å². The van der Waals surface area contributed by atoms with E-state index in [0.717, 1.165) is 50.1 Å². The predicted octanol–water partition coefficient (Wildman–Crippen LogP) is 2.59. The Balaban J connectivity index is 1.70. The zero-order valence-corrected chi connectivity index (χ0v) is 13.5. The van der Waals surface area contributed by atoms with Crippen molar-refractivity contribution in [3.8, 4) is 0 Å². The van der Waals surface area contributed by atoms with Gasteiger partial charge < -0.3 is 15.5 Å². The number of nitrogens with two attached hydrogens (primary N) is 1. The molecular weight excluding hydrogens is 284 g/mol. The van der Waals surface area contributed by atoms with Gasteiger partial charge in [0.05, 0.1) is 0 Å². The van der Waals surface area contributed by atoms with Gasteiger partial charge in [0.2, 0.25) is 0 Å². The van der Waals surface area contributed by atoms with Gasteiger partial charge in [-0.05, 0) is 31.6 Å². The number of carbonyl (C=O) groups excluding carboxylic acids is 1. The maximum absolute atomic E-state index is 12.6. The minimum atomic E-state index is 0.0741. The van der Waals surface area contributed by atoms with Gasteiger partial charge in [-0.3, -0.25) is 4.79 Å². The van der Waals surface area contributed by atoms with Crippen LogP contribution in [0.15, 0.2) is 0 Å². The van der Waals surface area contributed by atoms with E-state index in [9.17, 15) is 4.79 Å². The summed E-state index contributed by atoms with van der Waals surface area (Å²) in [5.41, 5.74) is 6.00. The van der Waals surface area contributed by atoms with Crippen molar-refractivity contribution in [2.75, 3.05) is 36.8 Å². The van der Waals surface area contributed by atoms with Crippen LogP contribution < -0.4 is 10.6 Å². The van der Waals surface area contributed by atoms with E-state index in [4.69, 9.17) is 5.73 Å². The number of hydrogen-bond donors (Lipinski definition) is 1. The first kappa shape index (κ1) is 14.6. The van der Waals surface area contributed by atoms with Crippen molar-refractivity contribution in [3.05, 3.63) is 4.88 Å². The molecule has 0 atom stereocenters. The van der Waals surface area contributed by atoms with Crippen molar-refractivity contribution in [1.82, 2.24) is 9.88 Å². The van der Waals surface area contributed by atoms with E-state index < -0.39 is 0 Å². The molecule has 0 radical (unpaired) electrons. The molecule has 21 heavy (non-hydrogen) atoms. The van der Waals surface area contributed by atoms with Crippen molar-refractivity contribution < 1.29 is 4.79 Å². The molecule has 2 saturated heterocycles. The topological polar surface area (TPSA) is 62.5 Å². The number of aromatic nitrogens is 1. The molecule has 0 saturated carbocycles. The third kappa shape index (κ3) is 3.00. The first-order chi connectivity index (χ1) is 10.2. The van der Waals surface area contributed by atoms with Crippen molar-refractivity contribution >= 4 is 28.2 Å². The SMILES string of the molecule is CCC1CCN(C(=O)c2sc(N3CCCC3)nc2N)CC1. The van der Waals surface area contributed by atoms with Crippen LogP contribution in [0.2, 0.25) is 0 Å². The lowest BCUT2D eigenvalue weighted by Gasteiger charge is -2.31. The standard InChI is InChI=1S/C15H24N4OS/c1-2-11-5-9-18(10-6-11)14(20)12-13(16)17-15(21-12)19-7-3-4-8-19/h11H,2-10,16H2,1H3. The number of likely N-dealkylation sites (tertiary alicyclic amines) is 1. The average Bonchev–Trinajstić information content (AvgIpc) is 3.16. The Morgan fingerprint density at radius 3 is 2.57 bits per heavy atom. The Labute approximate surface area is 130 Å². The normalized spacial score (nSPS) is 20.2. The fourth-order valence-corrected chi connectivity index (χ4v) is 4.21. The Bertz CT molecular complexity index is 502. The number of hydrogen-bond acceptors (Lipinski definition) is 5. The molecule has 116 valence electrons. The molecule has 0 aromatic carbocycles. The molecule has 3 rings (SSSR count). The highest BCUT2D eigenvalue weighted by Crippen LogP contribution is 2.32. The van der Waals surface area contributed by atoms with Crippen LogP contribution >= 0.6 is 11.3 Å². The highest BCUT2D eigenvalue weighted by molar-refractivity contribution is 7.18. The molecule has 0 aliphatic carbocycles. The molecule has 2 aliphatic rings. The predicted molar refractivity (Wildman–Crippen MR) is 86.9 cm³/mol. The lowest BCUT2D eigenvalue weighted by molar-refractivity contribution is 0.0694. The number of anilines is 2. The van der Waals surface area contributed by atoms with Gasteiger partial charge in [0, 0.05) is 26.2 Å². The van der Waals surface area contributed by atoms with Crippen LogP contribution in [-0.4, -0.2) is 42.0 Å². The van der Waals surface area contributed by atoms with E-state index >= 15 is 0 Å². The molecule has 1 amide bonds. The van der Waals surface area contributed by atoms with Crippen molar-refractivity contribution in [2.24, 2.45) is 5.92 Å². The van der Waals surface area contributed by atoms with Crippen LogP contribution in [0.5, 0.6) is 0 Å². The van der Waals surface area contributed by atoms with Crippen LogP contribution in [0, 0.1) is 5.92 Å². The van der Waals surface area contributed by atoms with E-state index in [1.807, 2.05) is 4.90 Å². The summed E-state index contributed by atoms with van der Waals surface area (Å²) in [5.74, 6) is 1.25. The van der Waals surface area contributed by atoms with Gasteiger partial charge in [0.15, 0.2) is 5.13 Å². The Morgan fingerprint density at radius 2 is 1.95 bits per heavy atom. The molecule has 0 spiro atoms. The van der Waals surface area contributed by atoms with Gasteiger partial charge >= 0.3 is 0 Å². The smallest absolute Gasteiger partial charge is 0.267 e. The summed E-state index contributed by atoms with van der Waals surface area (Å²) < 4.78 is 0. The van der Waals surface area contributed by atoms with Gasteiger partial charge in [-0.2, -0.15) is 0 Å². The third-order valence-corrected chi connectivity index (χ3v) is 5.81. The first-order valence-corrected chi connectivity index (χ1v) is 8.81. The maximum Gasteiger partial charge on any atom is 0.267 e. The zero-order valence-electron chi connectivity index (χ0n) is 12.7. The average molecular weight is 308 g/mol. The van der Waals surface area contributed by atoms with Gasteiger partial charge in [-0.25, -0.2) is 4.98 Å². The molecule has 2 N–H and O–H groups in total. The van der Waals surface area contributed by atoms with Gasteiger partial charge in [0.25, 0.3) is 5.91 Å². The molecule has 1 aromatic rings. The van der Waals surface area contributed by atoms with E-state index in [0.29, 0.717) is 10.7 Å². The first-order valence-electron chi connectivity index (χ1n) is 7.99. The zero-order chi connectivity index (χ0) is 14.8. The number of nitrogen functional groups attached to an aromatic ring is 1. The van der Waals surface area contributed by atoms with Crippen molar-refractivity contribution in [1.29, 1.82) is 0 Å². The largest absolute Gasteiger partial charge is 0.382 e. The molecule has 2 aliphatic heterocycles. The number of carbonyl (C=O) groups is 1. The molecule has 5 nitrogen and oxygen atoms in total. The van der Waals surface area contributed by atoms with Crippen LogP contribution in [0.1, 0.15) is 48.7 Å². The molecule has 0 unspecified atom stereocenters. The lowest BCUT2D eigenvalue weighted by Crippen LogP contribution is -2.38. The summed E-state index contributed by atoms with van der Waals surface area (Å²) in [6.45, 7) is 6.00. The molecular formula is C15H24N4OS. The molecule has 1 aromatic heterocycles. The van der Waals surface area contributed by atoms with E-state index in [-0.39, 0.29) is 5.91 Å². The molecule has 0 bridgehead atoms. The van der Waals surface area contributed by atoms with Gasteiger partial charge in [-0.15, -0.1) is 0 Å². The van der Waals surface area contributed by atoms with Crippen LogP contribution in [0.4, 0.5) is 10.9 Å². The Morgan fingerprint density at radius 1 is 1.29 bits per heavy atom. The summed E-state index contributed by atoms with van der Waals surface area (Å²) >= 11 is 1.46. The van der Waals surface area contributed by atoms with Gasteiger partial charge in [0.1, 0.15) is 10.7 Å². The minimum Gasteiger partial charge on any atom is -0.382 e. The summed E-state index contributed by atoms with van der Waals surface area (Å²) in [7, 11) is 0.